The molecule has 2 heterocycles. The molecule has 1 aliphatic rings. The van der Waals surface area contributed by atoms with E-state index in [9.17, 15) is 9.50 Å². The van der Waals surface area contributed by atoms with Gasteiger partial charge in [0.05, 0.1) is 12.3 Å². The lowest BCUT2D eigenvalue weighted by atomic mass is 9.81. The molecule has 0 unspecified atom stereocenters. The highest BCUT2D eigenvalue weighted by Gasteiger charge is 2.39. The number of rotatable bonds is 2. The van der Waals surface area contributed by atoms with Crippen LogP contribution in [0.25, 0.3) is 0 Å². The van der Waals surface area contributed by atoms with Crippen LogP contribution < -0.4 is 5.32 Å². The molecule has 4 heteroatoms. The average Bonchev–Trinajstić information content (AvgIpc) is 2.13. The van der Waals surface area contributed by atoms with Gasteiger partial charge >= 0.3 is 0 Å². The summed E-state index contributed by atoms with van der Waals surface area (Å²) in [7, 11) is 0. The van der Waals surface area contributed by atoms with Crippen molar-refractivity contribution >= 4 is 0 Å². The summed E-state index contributed by atoms with van der Waals surface area (Å²) < 4.78 is 12.9. The molecule has 82 valence electrons. The molecule has 0 aliphatic carbocycles. The molecule has 0 saturated carbocycles. The fraction of sp³-hybridized carbons (Fsp3) is 0.545. The Kier molecular flexibility index (Phi) is 2.48. The lowest BCUT2D eigenvalue weighted by Gasteiger charge is -2.46. The maximum absolute atomic E-state index is 12.9. The minimum absolute atomic E-state index is 0.00333. The van der Waals surface area contributed by atoms with E-state index in [1.165, 1.54) is 12.3 Å². The van der Waals surface area contributed by atoms with E-state index in [2.05, 4.69) is 24.1 Å². The lowest BCUT2D eigenvalue weighted by molar-refractivity contribution is 0.0386. The molecule has 0 aromatic carbocycles. The number of nitrogens with one attached hydrogen (secondary N) is 1. The fourth-order valence-electron chi connectivity index (χ4n) is 2.04. The Balaban J connectivity index is 2.06. The first-order valence-corrected chi connectivity index (χ1v) is 5.04. The Morgan fingerprint density at radius 1 is 1.60 bits per heavy atom. The van der Waals surface area contributed by atoms with Crippen LogP contribution in [0.15, 0.2) is 18.5 Å². The van der Waals surface area contributed by atoms with Crippen LogP contribution in [0, 0.1) is 5.82 Å². The lowest BCUT2D eigenvalue weighted by Crippen LogP contribution is -2.61. The Labute approximate surface area is 88.3 Å². The highest BCUT2D eigenvalue weighted by atomic mass is 19.1. The number of hydrogen-bond acceptors (Lipinski definition) is 3. The van der Waals surface area contributed by atoms with Crippen molar-refractivity contribution in [2.24, 2.45) is 0 Å². The maximum Gasteiger partial charge on any atom is 0.141 e. The van der Waals surface area contributed by atoms with Gasteiger partial charge in [0.15, 0.2) is 0 Å². The Morgan fingerprint density at radius 3 is 2.80 bits per heavy atom. The number of aliphatic hydroxyl groups excluding tert-OH is 1. The minimum atomic E-state index is -0.679. The van der Waals surface area contributed by atoms with Gasteiger partial charge < -0.3 is 10.4 Å². The van der Waals surface area contributed by atoms with Crippen LogP contribution in [0.4, 0.5) is 4.39 Å². The molecule has 1 saturated heterocycles. The van der Waals surface area contributed by atoms with E-state index in [0.717, 1.165) is 12.6 Å². The van der Waals surface area contributed by atoms with E-state index in [1.807, 2.05) is 0 Å². The molecule has 2 atom stereocenters. The van der Waals surface area contributed by atoms with Crippen LogP contribution in [0.2, 0.25) is 0 Å². The van der Waals surface area contributed by atoms with Crippen molar-refractivity contribution < 1.29 is 9.50 Å². The SMILES string of the molecule is CC1(C)C[C@H]([C@H](O)c2cncc(F)c2)N1. The second-order valence-electron chi connectivity index (χ2n) is 4.72. The van der Waals surface area contributed by atoms with Gasteiger partial charge in [0, 0.05) is 23.3 Å². The molecule has 1 fully saturated rings. The predicted octanol–water partition coefficient (Wildman–Crippen LogP) is 1.39. The van der Waals surface area contributed by atoms with Gasteiger partial charge in [-0.25, -0.2) is 4.39 Å². The fourth-order valence-corrected chi connectivity index (χ4v) is 2.04. The van der Waals surface area contributed by atoms with Crippen molar-refractivity contribution in [2.45, 2.75) is 38.0 Å². The Bertz CT molecular complexity index is 359. The Hall–Kier alpha value is -1.00. The Morgan fingerprint density at radius 2 is 2.27 bits per heavy atom. The van der Waals surface area contributed by atoms with Crippen molar-refractivity contribution in [1.82, 2.24) is 10.3 Å². The van der Waals surface area contributed by atoms with Crippen LogP contribution in [-0.2, 0) is 0 Å². The molecule has 1 aromatic heterocycles. The van der Waals surface area contributed by atoms with Crippen molar-refractivity contribution in [3.63, 3.8) is 0 Å². The maximum atomic E-state index is 12.9. The summed E-state index contributed by atoms with van der Waals surface area (Å²) in [4.78, 5) is 3.72. The molecule has 1 aliphatic heterocycles. The molecule has 2 N–H and O–H groups in total. The minimum Gasteiger partial charge on any atom is -0.387 e. The van der Waals surface area contributed by atoms with Crippen molar-refractivity contribution in [3.8, 4) is 0 Å². The number of aliphatic hydroxyl groups is 1. The topological polar surface area (TPSA) is 45.2 Å². The van der Waals surface area contributed by atoms with Gasteiger partial charge in [-0.05, 0) is 26.3 Å². The molecular weight excluding hydrogens is 195 g/mol. The van der Waals surface area contributed by atoms with E-state index >= 15 is 0 Å². The van der Waals surface area contributed by atoms with Gasteiger partial charge in [-0.1, -0.05) is 0 Å². The summed E-state index contributed by atoms with van der Waals surface area (Å²) in [5.41, 5.74) is 0.606. The first-order valence-electron chi connectivity index (χ1n) is 5.04. The van der Waals surface area contributed by atoms with Gasteiger partial charge in [0.1, 0.15) is 5.82 Å². The zero-order chi connectivity index (χ0) is 11.1. The van der Waals surface area contributed by atoms with Crippen molar-refractivity contribution in [2.75, 3.05) is 0 Å². The number of halogens is 1. The van der Waals surface area contributed by atoms with E-state index in [4.69, 9.17) is 0 Å². The van der Waals surface area contributed by atoms with Gasteiger partial charge in [-0.2, -0.15) is 0 Å². The zero-order valence-corrected chi connectivity index (χ0v) is 8.87. The number of hydrogen-bond donors (Lipinski definition) is 2. The zero-order valence-electron chi connectivity index (χ0n) is 8.87. The molecule has 2 rings (SSSR count). The molecule has 0 radical (unpaired) electrons. The number of pyridine rings is 1. The molecule has 0 spiro atoms. The normalized spacial score (nSPS) is 25.7. The molecule has 15 heavy (non-hydrogen) atoms. The van der Waals surface area contributed by atoms with Gasteiger partial charge in [0.2, 0.25) is 0 Å². The monoisotopic (exact) mass is 210 g/mol. The second-order valence-corrected chi connectivity index (χ2v) is 4.72. The summed E-state index contributed by atoms with van der Waals surface area (Å²) in [5.74, 6) is -0.412. The summed E-state index contributed by atoms with van der Waals surface area (Å²) in [5, 5.41) is 13.2. The van der Waals surface area contributed by atoms with Crippen LogP contribution in [0.3, 0.4) is 0 Å². The highest BCUT2D eigenvalue weighted by Crippen LogP contribution is 2.31. The van der Waals surface area contributed by atoms with E-state index < -0.39 is 11.9 Å². The summed E-state index contributed by atoms with van der Waals surface area (Å²) in [6.07, 6.45) is 2.83. The van der Waals surface area contributed by atoms with E-state index in [0.29, 0.717) is 5.56 Å². The smallest absolute Gasteiger partial charge is 0.141 e. The first-order chi connectivity index (χ1) is 6.98. The average molecular weight is 210 g/mol. The number of nitrogens with zero attached hydrogens (tertiary/aromatic N) is 1. The quantitative estimate of drug-likeness (QED) is 0.775. The summed E-state index contributed by atoms with van der Waals surface area (Å²) in [6, 6.07) is 1.33. The van der Waals surface area contributed by atoms with E-state index in [-0.39, 0.29) is 11.6 Å². The molecule has 1 aromatic rings. The van der Waals surface area contributed by atoms with Gasteiger partial charge in [0.25, 0.3) is 0 Å². The third-order valence-corrected chi connectivity index (χ3v) is 2.76. The molecular formula is C11H15FN2O. The van der Waals surface area contributed by atoms with Crippen LogP contribution in [0.5, 0.6) is 0 Å². The van der Waals surface area contributed by atoms with Crippen molar-refractivity contribution in [1.29, 1.82) is 0 Å². The van der Waals surface area contributed by atoms with E-state index in [1.54, 1.807) is 0 Å². The van der Waals surface area contributed by atoms with Crippen LogP contribution >= 0.6 is 0 Å². The third-order valence-electron chi connectivity index (χ3n) is 2.76. The standard InChI is InChI=1S/C11H15FN2O/c1-11(2)4-9(14-11)10(15)7-3-8(12)6-13-5-7/h3,5-6,9-10,14-15H,4H2,1-2H3/t9-,10-/m1/s1. The largest absolute Gasteiger partial charge is 0.387 e. The van der Waals surface area contributed by atoms with Gasteiger partial charge in [-0.15, -0.1) is 0 Å². The number of aromatic nitrogens is 1. The summed E-state index contributed by atoms with van der Waals surface area (Å²) >= 11 is 0. The van der Waals surface area contributed by atoms with Crippen LogP contribution in [0.1, 0.15) is 31.9 Å². The third kappa shape index (κ3) is 2.16. The molecule has 0 amide bonds. The van der Waals surface area contributed by atoms with Gasteiger partial charge in [-0.3, -0.25) is 4.98 Å². The summed E-state index contributed by atoms with van der Waals surface area (Å²) in [6.45, 7) is 4.14. The second kappa shape index (κ2) is 3.54. The molecule has 3 nitrogen and oxygen atoms in total. The van der Waals surface area contributed by atoms with Crippen LogP contribution in [-0.4, -0.2) is 21.7 Å². The molecule has 0 bridgehead atoms. The predicted molar refractivity (Wildman–Crippen MR) is 54.8 cm³/mol. The highest BCUT2D eigenvalue weighted by molar-refractivity contribution is 5.17. The first kappa shape index (κ1) is 10.5. The van der Waals surface area contributed by atoms with Crippen molar-refractivity contribution in [3.05, 3.63) is 29.8 Å².